The average molecular weight is 338 g/mol. The number of hydrogen-bond acceptors (Lipinski definition) is 4. The van der Waals surface area contributed by atoms with Gasteiger partial charge in [0, 0.05) is 12.6 Å². The van der Waals surface area contributed by atoms with Crippen LogP contribution in [0.5, 0.6) is 0 Å². The van der Waals surface area contributed by atoms with Crippen molar-refractivity contribution >= 4 is 0 Å². The molecule has 3 fully saturated rings. The van der Waals surface area contributed by atoms with Crippen molar-refractivity contribution in [1.29, 1.82) is 0 Å². The van der Waals surface area contributed by atoms with E-state index in [1.807, 2.05) is 0 Å². The molecule has 2 aliphatic carbocycles. The van der Waals surface area contributed by atoms with E-state index in [9.17, 15) is 5.21 Å². The first-order chi connectivity index (χ1) is 11.6. The molecule has 2 unspecified atom stereocenters. The van der Waals surface area contributed by atoms with Gasteiger partial charge in [-0.05, 0) is 88.1 Å². The highest BCUT2D eigenvalue weighted by molar-refractivity contribution is 4.82. The molecule has 0 amide bonds. The molecular formula is C20H37N2O2-. The van der Waals surface area contributed by atoms with Gasteiger partial charge in [0.1, 0.15) is 0 Å². The zero-order valence-corrected chi connectivity index (χ0v) is 15.5. The summed E-state index contributed by atoms with van der Waals surface area (Å²) >= 11 is 0. The average Bonchev–Trinajstić information content (AvgIpc) is 2.59. The smallest absolute Gasteiger partial charge is 0.0217 e. The van der Waals surface area contributed by atoms with E-state index in [0.29, 0.717) is 0 Å². The summed E-state index contributed by atoms with van der Waals surface area (Å²) in [6.45, 7) is 6.40. The van der Waals surface area contributed by atoms with Crippen LogP contribution in [-0.2, 0) is 0 Å². The number of hydrogen-bond donors (Lipinski definition) is 1. The molecule has 3 rings (SSSR count). The Morgan fingerprint density at radius 2 is 1.54 bits per heavy atom. The van der Waals surface area contributed by atoms with Crippen LogP contribution < -0.4 is 0 Å². The Hall–Kier alpha value is -0.160. The molecule has 3 aliphatic rings. The van der Waals surface area contributed by atoms with Gasteiger partial charge < -0.3 is 15.3 Å². The molecule has 0 spiro atoms. The Kier molecular flexibility index (Phi) is 6.97. The SMILES string of the molecule is CC1CCCCC1CN1CCC(CC2CCC(N([O-])O)CC2)CC1. The third-order valence-corrected chi connectivity index (χ3v) is 7.28. The van der Waals surface area contributed by atoms with Crippen LogP contribution >= 0.6 is 0 Å². The Bertz CT molecular complexity index is 361. The van der Waals surface area contributed by atoms with Crippen molar-refractivity contribution in [1.82, 2.24) is 10.1 Å². The summed E-state index contributed by atoms with van der Waals surface area (Å²) in [4.78, 5) is 2.74. The van der Waals surface area contributed by atoms with Crippen LogP contribution in [0.4, 0.5) is 0 Å². The van der Waals surface area contributed by atoms with Gasteiger partial charge in [-0.25, -0.2) is 0 Å². The lowest BCUT2D eigenvalue weighted by Gasteiger charge is -2.40. The molecule has 0 aromatic heterocycles. The second-order valence-corrected chi connectivity index (χ2v) is 8.98. The van der Waals surface area contributed by atoms with Crippen molar-refractivity contribution in [3.05, 3.63) is 5.21 Å². The summed E-state index contributed by atoms with van der Waals surface area (Å²) in [6.07, 6.45) is 13.9. The number of likely N-dealkylation sites (tertiary alicyclic amines) is 1. The molecule has 140 valence electrons. The zero-order valence-electron chi connectivity index (χ0n) is 15.5. The lowest BCUT2D eigenvalue weighted by molar-refractivity contribution is -0.0923. The minimum atomic E-state index is -0.138. The van der Waals surface area contributed by atoms with Gasteiger partial charge in [0.25, 0.3) is 0 Å². The van der Waals surface area contributed by atoms with E-state index in [1.54, 1.807) is 0 Å². The molecule has 2 saturated carbocycles. The van der Waals surface area contributed by atoms with Gasteiger partial charge in [-0.15, -0.1) is 0 Å². The summed E-state index contributed by atoms with van der Waals surface area (Å²) in [6, 6.07) is -0.138. The predicted octanol–water partition coefficient (Wildman–Crippen LogP) is 4.66. The van der Waals surface area contributed by atoms with Crippen molar-refractivity contribution < 1.29 is 5.21 Å². The fourth-order valence-corrected chi connectivity index (χ4v) is 5.47. The zero-order chi connectivity index (χ0) is 16.9. The Morgan fingerprint density at radius 3 is 2.17 bits per heavy atom. The summed E-state index contributed by atoms with van der Waals surface area (Å²) in [7, 11) is 0. The van der Waals surface area contributed by atoms with E-state index in [0.717, 1.165) is 49.4 Å². The standard InChI is InChI=1S/C20H37N2O2/c1-16-4-2-3-5-19(16)15-21-12-10-18(11-13-21)14-17-6-8-20(9-7-17)22(23)24/h16-20,23H,2-15H2,1H3/q-1. The third-order valence-electron chi connectivity index (χ3n) is 7.28. The van der Waals surface area contributed by atoms with Gasteiger partial charge in [-0.2, -0.15) is 0 Å². The molecule has 0 bridgehead atoms. The van der Waals surface area contributed by atoms with Crippen LogP contribution in [0, 0.1) is 28.9 Å². The van der Waals surface area contributed by atoms with Crippen molar-refractivity contribution in [2.45, 2.75) is 83.6 Å². The van der Waals surface area contributed by atoms with Crippen LogP contribution in [-0.4, -0.2) is 41.0 Å². The normalized spacial score (nSPS) is 37.0. The summed E-state index contributed by atoms with van der Waals surface area (Å²) < 4.78 is 0. The maximum Gasteiger partial charge on any atom is 0.0217 e. The van der Waals surface area contributed by atoms with E-state index in [2.05, 4.69) is 11.8 Å². The maximum atomic E-state index is 11.0. The van der Waals surface area contributed by atoms with Crippen LogP contribution in [0.2, 0.25) is 0 Å². The summed E-state index contributed by atoms with van der Waals surface area (Å²) in [5.74, 6) is 3.55. The minimum absolute atomic E-state index is 0.138. The molecule has 1 saturated heterocycles. The quantitative estimate of drug-likeness (QED) is 0.741. The highest BCUT2D eigenvalue weighted by atomic mass is 16.8. The van der Waals surface area contributed by atoms with Crippen LogP contribution in [0.15, 0.2) is 0 Å². The van der Waals surface area contributed by atoms with E-state index >= 15 is 0 Å². The summed E-state index contributed by atoms with van der Waals surface area (Å²) in [5, 5.41) is 20.2. The fourth-order valence-electron chi connectivity index (χ4n) is 5.47. The van der Waals surface area contributed by atoms with Gasteiger partial charge >= 0.3 is 0 Å². The van der Waals surface area contributed by atoms with Gasteiger partial charge in [0.05, 0.1) is 0 Å². The Labute approximate surface area is 148 Å². The highest BCUT2D eigenvalue weighted by Gasteiger charge is 2.28. The van der Waals surface area contributed by atoms with Crippen LogP contribution in [0.25, 0.3) is 0 Å². The number of rotatable bonds is 5. The molecule has 4 heteroatoms. The molecule has 1 aliphatic heterocycles. The minimum Gasteiger partial charge on any atom is -0.762 e. The van der Waals surface area contributed by atoms with Crippen molar-refractivity contribution in [3.8, 4) is 0 Å². The van der Waals surface area contributed by atoms with Crippen molar-refractivity contribution in [3.63, 3.8) is 0 Å². The number of nitrogens with zero attached hydrogens (tertiary/aromatic N) is 2. The van der Waals surface area contributed by atoms with Crippen LogP contribution in [0.1, 0.15) is 77.6 Å². The number of piperidine rings is 1. The molecule has 0 aromatic carbocycles. The molecule has 24 heavy (non-hydrogen) atoms. The van der Waals surface area contributed by atoms with Crippen molar-refractivity contribution in [2.75, 3.05) is 19.6 Å². The maximum absolute atomic E-state index is 11.0. The van der Waals surface area contributed by atoms with Crippen LogP contribution in [0.3, 0.4) is 0 Å². The molecule has 1 N–H and O–H groups in total. The summed E-state index contributed by atoms with van der Waals surface area (Å²) in [5.41, 5.74) is 0. The molecule has 2 atom stereocenters. The van der Waals surface area contributed by atoms with Gasteiger partial charge in [-0.3, -0.25) is 5.23 Å². The van der Waals surface area contributed by atoms with E-state index in [-0.39, 0.29) is 11.3 Å². The van der Waals surface area contributed by atoms with Gasteiger partial charge in [-0.1, -0.05) is 26.2 Å². The number of hydroxylamine groups is 2. The second kappa shape index (κ2) is 8.98. The first-order valence-electron chi connectivity index (χ1n) is 10.5. The van der Waals surface area contributed by atoms with E-state index < -0.39 is 0 Å². The highest BCUT2D eigenvalue weighted by Crippen LogP contribution is 2.35. The molecule has 0 aromatic rings. The molecular weight excluding hydrogens is 300 g/mol. The first-order valence-corrected chi connectivity index (χ1v) is 10.5. The predicted molar refractivity (Wildman–Crippen MR) is 97.6 cm³/mol. The van der Waals surface area contributed by atoms with Gasteiger partial charge in [0.15, 0.2) is 0 Å². The largest absolute Gasteiger partial charge is 0.762 e. The lowest BCUT2D eigenvalue weighted by Crippen LogP contribution is -2.40. The second-order valence-electron chi connectivity index (χ2n) is 8.98. The van der Waals surface area contributed by atoms with E-state index in [4.69, 9.17) is 5.21 Å². The van der Waals surface area contributed by atoms with E-state index in [1.165, 1.54) is 64.6 Å². The van der Waals surface area contributed by atoms with Crippen molar-refractivity contribution in [2.24, 2.45) is 23.7 Å². The Balaban J connectivity index is 1.34. The molecule has 0 radical (unpaired) electrons. The monoisotopic (exact) mass is 337 g/mol. The lowest BCUT2D eigenvalue weighted by atomic mass is 9.77. The fraction of sp³-hybridized carbons (Fsp3) is 1.00. The molecule has 4 nitrogen and oxygen atoms in total. The molecule has 1 heterocycles. The topological polar surface area (TPSA) is 49.8 Å². The van der Waals surface area contributed by atoms with Gasteiger partial charge in [0.2, 0.25) is 0 Å². The first kappa shape index (κ1) is 18.6. The third kappa shape index (κ3) is 5.17. The Morgan fingerprint density at radius 1 is 0.917 bits per heavy atom.